The number of hydrogen-bond acceptors (Lipinski definition) is 5. The first kappa shape index (κ1) is 22.7. The summed E-state index contributed by atoms with van der Waals surface area (Å²) in [5, 5.41) is 6.39. The molecule has 5 aromatic rings. The lowest BCUT2D eigenvalue weighted by Gasteiger charge is -2.14. The van der Waals surface area contributed by atoms with Gasteiger partial charge in [-0.15, -0.1) is 11.3 Å². The van der Waals surface area contributed by atoms with Crippen LogP contribution in [0.25, 0.3) is 33.4 Å². The second-order valence-electron chi connectivity index (χ2n) is 8.52. The van der Waals surface area contributed by atoms with Crippen molar-refractivity contribution in [2.24, 2.45) is 0 Å². The Balaban J connectivity index is 1.53. The number of fused-ring (bicyclic) bond motifs is 1. The normalized spacial score (nSPS) is 11.0. The van der Waals surface area contributed by atoms with Crippen molar-refractivity contribution in [3.8, 4) is 28.3 Å². The summed E-state index contributed by atoms with van der Waals surface area (Å²) in [5.41, 5.74) is 8.18. The Hall–Kier alpha value is -4.03. The topological polar surface area (TPSA) is 64.1 Å². The number of para-hydroxylation sites is 1. The van der Waals surface area contributed by atoms with Crippen molar-refractivity contribution in [3.63, 3.8) is 0 Å². The van der Waals surface area contributed by atoms with Gasteiger partial charge in [-0.1, -0.05) is 42.0 Å². The van der Waals surface area contributed by atoms with Gasteiger partial charge in [-0.05, 0) is 62.2 Å². The first-order valence-electron chi connectivity index (χ1n) is 11.3. The number of methoxy groups -OCH3 is 1. The summed E-state index contributed by atoms with van der Waals surface area (Å²) in [4.78, 5) is 23.2. The number of nitrogens with one attached hydrogen (secondary N) is 1. The van der Waals surface area contributed by atoms with Crippen LogP contribution in [0.4, 0.5) is 5.13 Å². The smallest absolute Gasteiger partial charge is 0.258 e. The number of amides is 1. The van der Waals surface area contributed by atoms with Gasteiger partial charge < -0.3 is 4.74 Å². The van der Waals surface area contributed by atoms with Crippen LogP contribution >= 0.6 is 11.3 Å². The summed E-state index contributed by atoms with van der Waals surface area (Å²) in [7, 11) is 1.64. The zero-order valence-corrected chi connectivity index (χ0v) is 20.9. The predicted molar refractivity (Wildman–Crippen MR) is 143 cm³/mol. The van der Waals surface area contributed by atoms with Gasteiger partial charge >= 0.3 is 0 Å². The highest BCUT2D eigenvalue weighted by Gasteiger charge is 2.20. The Morgan fingerprint density at radius 1 is 0.943 bits per heavy atom. The number of carbonyl (C=O) groups excluding carboxylic acids is 1. The number of rotatable bonds is 5. The molecular formula is C29H25N3O2S. The minimum absolute atomic E-state index is 0.197. The number of benzene rings is 3. The molecule has 35 heavy (non-hydrogen) atoms. The molecule has 0 fully saturated rings. The summed E-state index contributed by atoms with van der Waals surface area (Å²) in [6.07, 6.45) is 0. The number of aryl methyl sites for hydroxylation is 2. The molecule has 174 valence electrons. The number of anilines is 1. The molecule has 6 heteroatoms. The molecule has 0 spiro atoms. The van der Waals surface area contributed by atoms with E-state index in [-0.39, 0.29) is 5.91 Å². The van der Waals surface area contributed by atoms with Crippen LogP contribution in [0.5, 0.6) is 5.75 Å². The number of hydrogen-bond donors (Lipinski definition) is 1. The van der Waals surface area contributed by atoms with Crippen molar-refractivity contribution in [1.82, 2.24) is 9.97 Å². The number of pyridine rings is 1. The summed E-state index contributed by atoms with van der Waals surface area (Å²) in [5.74, 6) is 0.575. The highest BCUT2D eigenvalue weighted by atomic mass is 32.1. The minimum Gasteiger partial charge on any atom is -0.497 e. The second-order valence-corrected chi connectivity index (χ2v) is 9.37. The standard InChI is InChI=1S/C29H25N3O2S/c1-17-9-14-22(18(2)15-17)25-16-35-29(31-25)32-28(33)26-19(3)27(20-10-12-21(34-4)13-11-20)30-24-8-6-5-7-23(24)26/h5-16H,1-4H3,(H,31,32,33). The van der Waals surface area contributed by atoms with Crippen molar-refractivity contribution in [3.05, 3.63) is 94.4 Å². The molecule has 0 aliphatic carbocycles. The molecule has 0 aliphatic heterocycles. The molecule has 0 unspecified atom stereocenters. The van der Waals surface area contributed by atoms with Gasteiger partial charge in [0.15, 0.2) is 5.13 Å². The zero-order valence-electron chi connectivity index (χ0n) is 20.0. The van der Waals surface area contributed by atoms with E-state index in [1.54, 1.807) is 7.11 Å². The Bertz CT molecular complexity index is 1550. The zero-order chi connectivity index (χ0) is 24.5. The van der Waals surface area contributed by atoms with E-state index in [4.69, 9.17) is 14.7 Å². The van der Waals surface area contributed by atoms with E-state index in [1.807, 2.05) is 60.8 Å². The molecule has 0 atom stereocenters. The molecule has 2 aromatic heterocycles. The number of ether oxygens (including phenoxy) is 1. The van der Waals surface area contributed by atoms with E-state index in [0.29, 0.717) is 10.7 Å². The van der Waals surface area contributed by atoms with Gasteiger partial charge in [0.05, 0.1) is 29.6 Å². The quantitative estimate of drug-likeness (QED) is 0.289. The third kappa shape index (κ3) is 4.40. The fourth-order valence-corrected chi connectivity index (χ4v) is 5.05. The molecule has 3 aromatic carbocycles. The average Bonchev–Trinajstić information content (AvgIpc) is 3.31. The van der Waals surface area contributed by atoms with E-state index in [9.17, 15) is 4.79 Å². The van der Waals surface area contributed by atoms with Crippen LogP contribution in [0.3, 0.4) is 0 Å². The van der Waals surface area contributed by atoms with Crippen molar-refractivity contribution in [2.45, 2.75) is 20.8 Å². The van der Waals surface area contributed by atoms with Crippen molar-refractivity contribution in [1.29, 1.82) is 0 Å². The molecular weight excluding hydrogens is 454 g/mol. The first-order valence-corrected chi connectivity index (χ1v) is 12.2. The van der Waals surface area contributed by atoms with Gasteiger partial charge in [0.2, 0.25) is 0 Å². The maximum atomic E-state index is 13.6. The fourth-order valence-electron chi connectivity index (χ4n) is 4.35. The molecule has 5 nitrogen and oxygen atoms in total. The van der Waals surface area contributed by atoms with E-state index in [1.165, 1.54) is 16.9 Å². The molecule has 2 heterocycles. The van der Waals surface area contributed by atoms with Gasteiger partial charge in [0, 0.05) is 21.9 Å². The Labute approximate surface area is 208 Å². The van der Waals surface area contributed by atoms with Crippen LogP contribution in [0.2, 0.25) is 0 Å². The monoisotopic (exact) mass is 479 g/mol. The Kier molecular flexibility index (Phi) is 6.05. The van der Waals surface area contributed by atoms with Crippen molar-refractivity contribution in [2.75, 3.05) is 12.4 Å². The van der Waals surface area contributed by atoms with Crippen molar-refractivity contribution < 1.29 is 9.53 Å². The van der Waals surface area contributed by atoms with E-state index < -0.39 is 0 Å². The Morgan fingerprint density at radius 2 is 1.71 bits per heavy atom. The molecule has 0 radical (unpaired) electrons. The summed E-state index contributed by atoms with van der Waals surface area (Å²) in [6, 6.07) is 21.7. The molecule has 1 amide bonds. The SMILES string of the molecule is COc1ccc(-c2nc3ccccc3c(C(=O)Nc3nc(-c4ccc(C)cc4C)cs3)c2C)cc1. The Morgan fingerprint density at radius 3 is 2.46 bits per heavy atom. The lowest BCUT2D eigenvalue weighted by Crippen LogP contribution is -2.15. The molecule has 0 aliphatic rings. The van der Waals surface area contributed by atoms with Crippen LogP contribution in [0, 0.1) is 20.8 Å². The summed E-state index contributed by atoms with van der Waals surface area (Å²) in [6.45, 7) is 6.09. The fraction of sp³-hybridized carbons (Fsp3) is 0.138. The second kappa shape index (κ2) is 9.31. The van der Waals surface area contributed by atoms with Crippen molar-refractivity contribution >= 4 is 33.3 Å². The predicted octanol–water partition coefficient (Wildman–Crippen LogP) is 7.21. The molecule has 0 saturated heterocycles. The third-order valence-electron chi connectivity index (χ3n) is 6.11. The number of thiazole rings is 1. The first-order chi connectivity index (χ1) is 16.9. The summed E-state index contributed by atoms with van der Waals surface area (Å²) >= 11 is 1.42. The van der Waals surface area contributed by atoms with E-state index in [2.05, 4.69) is 37.4 Å². The van der Waals surface area contributed by atoms with E-state index in [0.717, 1.165) is 50.3 Å². The minimum atomic E-state index is -0.197. The largest absolute Gasteiger partial charge is 0.497 e. The van der Waals surface area contributed by atoms with Crippen LogP contribution in [0.1, 0.15) is 27.0 Å². The van der Waals surface area contributed by atoms with Gasteiger partial charge in [0.25, 0.3) is 5.91 Å². The molecule has 5 rings (SSSR count). The van der Waals surface area contributed by atoms with Gasteiger partial charge in [0.1, 0.15) is 5.75 Å². The highest BCUT2D eigenvalue weighted by Crippen LogP contribution is 2.32. The van der Waals surface area contributed by atoms with Crippen LogP contribution in [0.15, 0.2) is 72.1 Å². The van der Waals surface area contributed by atoms with Gasteiger partial charge in [-0.3, -0.25) is 10.1 Å². The molecule has 1 N–H and O–H groups in total. The lowest BCUT2D eigenvalue weighted by molar-refractivity contribution is 0.102. The number of nitrogens with zero attached hydrogens (tertiary/aromatic N) is 2. The maximum Gasteiger partial charge on any atom is 0.258 e. The van der Waals surface area contributed by atoms with Crippen LogP contribution in [-0.2, 0) is 0 Å². The molecule has 0 bridgehead atoms. The summed E-state index contributed by atoms with van der Waals surface area (Å²) < 4.78 is 5.29. The lowest BCUT2D eigenvalue weighted by atomic mass is 9.97. The van der Waals surface area contributed by atoms with Crippen LogP contribution in [-0.4, -0.2) is 23.0 Å². The van der Waals surface area contributed by atoms with Gasteiger partial charge in [-0.25, -0.2) is 9.97 Å². The number of aromatic nitrogens is 2. The number of carbonyl (C=O) groups is 1. The third-order valence-corrected chi connectivity index (χ3v) is 6.87. The average molecular weight is 480 g/mol. The van der Waals surface area contributed by atoms with Gasteiger partial charge in [-0.2, -0.15) is 0 Å². The van der Waals surface area contributed by atoms with Crippen LogP contribution < -0.4 is 10.1 Å². The molecule has 0 saturated carbocycles. The maximum absolute atomic E-state index is 13.6. The highest BCUT2D eigenvalue weighted by molar-refractivity contribution is 7.14. The van der Waals surface area contributed by atoms with E-state index >= 15 is 0 Å².